The lowest BCUT2D eigenvalue weighted by Crippen LogP contribution is -2.11. The Hall–Kier alpha value is -4.53. The molecular formula is C36H34Cl4N8O8S2. The number of anilines is 1. The van der Waals surface area contributed by atoms with Crippen LogP contribution in [0.2, 0.25) is 20.1 Å². The molecule has 0 unspecified atom stereocenters. The summed E-state index contributed by atoms with van der Waals surface area (Å²) in [5, 5.41) is 20.5. The van der Waals surface area contributed by atoms with E-state index in [1.807, 2.05) is 6.92 Å². The molecule has 0 aliphatic carbocycles. The molecule has 0 aliphatic heterocycles. The summed E-state index contributed by atoms with van der Waals surface area (Å²) in [6, 6.07) is 16.9. The summed E-state index contributed by atoms with van der Waals surface area (Å²) in [5.74, 6) is 1.10. The van der Waals surface area contributed by atoms with Gasteiger partial charge in [0.2, 0.25) is 5.95 Å². The molecule has 58 heavy (non-hydrogen) atoms. The molecule has 0 fully saturated rings. The molecule has 0 radical (unpaired) electrons. The average Bonchev–Trinajstić information content (AvgIpc) is 3.16. The van der Waals surface area contributed by atoms with Crippen molar-refractivity contribution in [1.82, 2.24) is 15.0 Å². The molecule has 5 rings (SSSR count). The van der Waals surface area contributed by atoms with Crippen molar-refractivity contribution in [2.45, 2.75) is 37.5 Å². The van der Waals surface area contributed by atoms with Crippen molar-refractivity contribution in [3.8, 4) is 11.5 Å². The summed E-state index contributed by atoms with van der Waals surface area (Å²) in [6.07, 6.45) is 0.921. The van der Waals surface area contributed by atoms with Crippen LogP contribution in [0.3, 0.4) is 0 Å². The molecule has 16 nitrogen and oxygen atoms in total. The summed E-state index contributed by atoms with van der Waals surface area (Å²) in [5.41, 5.74) is 2.25. The molecule has 0 aliphatic rings. The minimum Gasteiger partial charge on any atom is -0.493 e. The number of aromatic nitrogens is 3. The van der Waals surface area contributed by atoms with Crippen LogP contribution < -0.4 is 14.8 Å². The first kappa shape index (κ1) is 44.6. The zero-order chi connectivity index (χ0) is 42.0. The number of nitrogens with one attached hydrogen (secondary N) is 1. The number of nitrogens with zero attached hydrogens (tertiary/aromatic N) is 7. The number of benzene rings is 4. The van der Waals surface area contributed by atoms with Gasteiger partial charge in [0.15, 0.2) is 0 Å². The Morgan fingerprint density at radius 2 is 1.21 bits per heavy atom. The van der Waals surface area contributed by atoms with E-state index < -0.39 is 30.9 Å². The fraction of sp³-hybridized carbons (Fsp3) is 0.250. The Labute approximate surface area is 354 Å². The summed E-state index contributed by atoms with van der Waals surface area (Å²) in [6.45, 7) is 2.27. The third-order valence-electron chi connectivity index (χ3n) is 7.74. The standard InChI is InChI=1S/C36H34Cl4N8O8S2/c1-3-11-55-31-19-29(47-45-24-7-5-23(37)6-8-24)27(39)14-21(31)16-34-42-35(44-36(41-2)43-34)17-22-15-28(40)30(20-32(22)56-12-4-13-57(49,50)51)48-46-25-9-10-26(38)33(18-25)58(52,53)54/h5-10,14-15,18-20H,3-4,11-13,16-17H2,1-2H3,(H,49,50,51)(H,52,53,54)(H,41,42,43,44). The Kier molecular flexibility index (Phi) is 15.3. The molecular weight excluding hydrogens is 878 g/mol. The molecule has 0 bridgehead atoms. The van der Waals surface area contributed by atoms with Gasteiger partial charge in [0.05, 0.1) is 45.4 Å². The van der Waals surface area contributed by atoms with Crippen LogP contribution in [0.1, 0.15) is 42.5 Å². The number of rotatable bonds is 18. The summed E-state index contributed by atoms with van der Waals surface area (Å²) >= 11 is 25.2. The fourth-order valence-corrected chi connectivity index (χ4v) is 7.11. The highest BCUT2D eigenvalue weighted by Crippen LogP contribution is 2.38. The average molecular weight is 913 g/mol. The van der Waals surface area contributed by atoms with Crippen molar-refractivity contribution < 1.29 is 35.4 Å². The number of ether oxygens (including phenoxy) is 2. The smallest absolute Gasteiger partial charge is 0.296 e. The Morgan fingerprint density at radius 3 is 1.72 bits per heavy atom. The minimum atomic E-state index is -4.64. The van der Waals surface area contributed by atoms with E-state index in [1.165, 1.54) is 24.3 Å². The van der Waals surface area contributed by atoms with Gasteiger partial charge in [0, 0.05) is 48.2 Å². The monoisotopic (exact) mass is 910 g/mol. The largest absolute Gasteiger partial charge is 0.493 e. The molecule has 0 saturated carbocycles. The second-order valence-electron chi connectivity index (χ2n) is 12.2. The van der Waals surface area contributed by atoms with Crippen LogP contribution >= 0.6 is 46.4 Å². The van der Waals surface area contributed by atoms with Crippen LogP contribution in [-0.4, -0.2) is 66.9 Å². The third kappa shape index (κ3) is 13.0. The van der Waals surface area contributed by atoms with Gasteiger partial charge < -0.3 is 14.8 Å². The van der Waals surface area contributed by atoms with E-state index in [1.54, 1.807) is 43.4 Å². The molecule has 1 aromatic heterocycles. The Morgan fingerprint density at radius 1 is 0.672 bits per heavy atom. The highest BCUT2D eigenvalue weighted by Gasteiger charge is 2.19. The van der Waals surface area contributed by atoms with Gasteiger partial charge >= 0.3 is 0 Å². The molecule has 0 spiro atoms. The topological polar surface area (TPSA) is 227 Å². The first-order valence-electron chi connectivity index (χ1n) is 17.1. The van der Waals surface area contributed by atoms with E-state index in [4.69, 9.17) is 60.9 Å². The van der Waals surface area contributed by atoms with Gasteiger partial charge in [-0.15, -0.1) is 10.2 Å². The Balaban J connectivity index is 1.47. The van der Waals surface area contributed by atoms with Crippen molar-refractivity contribution in [3.05, 3.63) is 110 Å². The molecule has 0 atom stereocenters. The zero-order valence-corrected chi connectivity index (χ0v) is 35.3. The normalized spacial score (nSPS) is 12.1. The summed E-state index contributed by atoms with van der Waals surface area (Å²) in [4.78, 5) is 13.2. The van der Waals surface area contributed by atoms with Crippen molar-refractivity contribution in [1.29, 1.82) is 0 Å². The fourth-order valence-electron chi connectivity index (χ4n) is 5.06. The number of azo groups is 2. The second-order valence-corrected chi connectivity index (χ2v) is 16.8. The maximum atomic E-state index is 11.7. The van der Waals surface area contributed by atoms with Gasteiger partial charge in [-0.05, 0) is 67.4 Å². The summed E-state index contributed by atoms with van der Waals surface area (Å²) in [7, 11) is -7.24. The van der Waals surface area contributed by atoms with Crippen LogP contribution in [0.4, 0.5) is 28.7 Å². The number of hydrogen-bond donors (Lipinski definition) is 3. The van der Waals surface area contributed by atoms with Crippen LogP contribution in [-0.2, 0) is 33.1 Å². The molecule has 306 valence electrons. The minimum absolute atomic E-state index is 0.0339. The van der Waals surface area contributed by atoms with Crippen molar-refractivity contribution in [3.63, 3.8) is 0 Å². The molecule has 1 heterocycles. The first-order chi connectivity index (χ1) is 27.5. The van der Waals surface area contributed by atoms with Crippen molar-refractivity contribution >= 4 is 95.3 Å². The summed E-state index contributed by atoms with van der Waals surface area (Å²) < 4.78 is 76.8. The number of halogens is 4. The predicted octanol–water partition coefficient (Wildman–Crippen LogP) is 10.2. The van der Waals surface area contributed by atoms with Gasteiger partial charge in [-0.1, -0.05) is 53.3 Å². The van der Waals surface area contributed by atoms with E-state index in [2.05, 4.69) is 35.7 Å². The van der Waals surface area contributed by atoms with E-state index >= 15 is 0 Å². The van der Waals surface area contributed by atoms with Gasteiger partial charge in [0.25, 0.3) is 20.2 Å². The van der Waals surface area contributed by atoms with Crippen LogP contribution in [0.5, 0.6) is 11.5 Å². The zero-order valence-electron chi connectivity index (χ0n) is 30.6. The lowest BCUT2D eigenvalue weighted by atomic mass is 10.1. The lowest BCUT2D eigenvalue weighted by molar-refractivity contribution is 0.313. The molecule has 0 saturated heterocycles. The maximum Gasteiger partial charge on any atom is 0.296 e. The van der Waals surface area contributed by atoms with Crippen molar-refractivity contribution in [2.24, 2.45) is 20.5 Å². The van der Waals surface area contributed by atoms with E-state index in [0.29, 0.717) is 56.6 Å². The van der Waals surface area contributed by atoms with Gasteiger partial charge in [-0.25, -0.2) is 4.98 Å². The quantitative estimate of drug-likeness (QED) is 0.0424. The molecule has 3 N–H and O–H groups in total. The lowest BCUT2D eigenvalue weighted by Gasteiger charge is -2.15. The van der Waals surface area contributed by atoms with Gasteiger partial charge in [0.1, 0.15) is 39.4 Å². The first-order valence-corrected chi connectivity index (χ1v) is 21.7. The Bertz CT molecular complexity index is 2570. The van der Waals surface area contributed by atoms with E-state index in [0.717, 1.165) is 12.5 Å². The third-order valence-corrected chi connectivity index (χ3v) is 10.7. The van der Waals surface area contributed by atoms with E-state index in [-0.39, 0.29) is 59.0 Å². The SMILES string of the molecule is CCCOc1cc(N=Nc2ccc(Cl)cc2)c(Cl)cc1Cc1nc(Cc2cc(Cl)c(N=Nc3ccc(Cl)c(S(=O)(=O)O)c3)cc2OCCCS(=O)(=O)O)nc(NC)n1. The maximum absolute atomic E-state index is 11.7. The highest BCUT2D eigenvalue weighted by molar-refractivity contribution is 7.86. The number of hydrogen-bond acceptors (Lipinski definition) is 14. The van der Waals surface area contributed by atoms with Crippen LogP contribution in [0, 0.1) is 0 Å². The highest BCUT2D eigenvalue weighted by atomic mass is 35.5. The predicted molar refractivity (Wildman–Crippen MR) is 221 cm³/mol. The van der Waals surface area contributed by atoms with E-state index in [9.17, 15) is 25.9 Å². The van der Waals surface area contributed by atoms with Crippen LogP contribution in [0.25, 0.3) is 0 Å². The van der Waals surface area contributed by atoms with Crippen molar-refractivity contribution in [2.75, 3.05) is 31.3 Å². The molecule has 4 aromatic carbocycles. The van der Waals surface area contributed by atoms with Crippen LogP contribution in [0.15, 0.2) is 92.1 Å². The molecule has 0 amide bonds. The molecule has 22 heteroatoms. The second kappa shape index (κ2) is 20.0. The van der Waals surface area contributed by atoms with Gasteiger partial charge in [-0.2, -0.15) is 37.0 Å². The van der Waals surface area contributed by atoms with Gasteiger partial charge in [-0.3, -0.25) is 9.11 Å². The molecule has 5 aromatic rings.